The van der Waals surface area contributed by atoms with E-state index >= 15 is 0 Å². The molecule has 1 aromatic carbocycles. The molecule has 0 radical (unpaired) electrons. The van der Waals surface area contributed by atoms with Crippen molar-refractivity contribution in [2.75, 3.05) is 38.7 Å². The largest absolute Gasteiger partial charge is 0.381 e. The standard InChI is InChI=1S/C25H32N6O/c1-18-23(20-6-10-27-11-7-20)30-25(31-24(18)29-22-8-14-32-15-9-22)21-5-3-4-19(16-21)17-28-13-12-26-2/h3-7,10-11,16,22,26,28H,8-9,12-15,17H2,1-2H3,(H,29,30,31). The lowest BCUT2D eigenvalue weighted by Crippen LogP contribution is -2.28. The van der Waals surface area contributed by atoms with Gasteiger partial charge in [0.2, 0.25) is 0 Å². The Labute approximate surface area is 190 Å². The Balaban J connectivity index is 1.67. The van der Waals surface area contributed by atoms with Crippen LogP contribution in [0.1, 0.15) is 24.0 Å². The van der Waals surface area contributed by atoms with E-state index in [1.54, 1.807) is 12.4 Å². The number of likely N-dealkylation sites (N-methyl/N-ethyl adjacent to an activating group) is 1. The number of nitrogens with zero attached hydrogens (tertiary/aromatic N) is 3. The van der Waals surface area contributed by atoms with E-state index in [1.807, 2.05) is 19.2 Å². The van der Waals surface area contributed by atoms with Gasteiger partial charge in [-0.3, -0.25) is 4.98 Å². The van der Waals surface area contributed by atoms with E-state index in [9.17, 15) is 0 Å². The molecule has 3 N–H and O–H groups in total. The molecule has 0 amide bonds. The molecule has 4 rings (SSSR count). The minimum atomic E-state index is 0.359. The van der Waals surface area contributed by atoms with E-state index in [-0.39, 0.29) is 0 Å². The number of nitrogens with one attached hydrogen (secondary N) is 3. The van der Waals surface area contributed by atoms with E-state index in [2.05, 4.69) is 52.1 Å². The van der Waals surface area contributed by atoms with Crippen LogP contribution in [0.15, 0.2) is 48.8 Å². The maximum absolute atomic E-state index is 5.52. The highest BCUT2D eigenvalue weighted by Gasteiger charge is 2.19. The molecule has 0 saturated carbocycles. The predicted octanol–water partition coefficient (Wildman–Crippen LogP) is 3.41. The summed E-state index contributed by atoms with van der Waals surface area (Å²) in [5.41, 5.74) is 5.26. The zero-order chi connectivity index (χ0) is 22.2. The monoisotopic (exact) mass is 432 g/mol. The van der Waals surface area contributed by atoms with Crippen LogP contribution in [0.5, 0.6) is 0 Å². The molecule has 0 spiro atoms. The molecular weight excluding hydrogens is 400 g/mol. The zero-order valence-electron chi connectivity index (χ0n) is 18.9. The van der Waals surface area contributed by atoms with Gasteiger partial charge in [-0.25, -0.2) is 9.97 Å². The normalized spacial score (nSPS) is 14.4. The number of hydrogen-bond donors (Lipinski definition) is 3. The van der Waals surface area contributed by atoms with Gasteiger partial charge in [-0.1, -0.05) is 18.2 Å². The van der Waals surface area contributed by atoms with Crippen LogP contribution in [-0.2, 0) is 11.3 Å². The quantitative estimate of drug-likeness (QED) is 0.447. The Bertz CT molecular complexity index is 1000. The summed E-state index contributed by atoms with van der Waals surface area (Å²) >= 11 is 0. The van der Waals surface area contributed by atoms with Gasteiger partial charge >= 0.3 is 0 Å². The molecule has 0 aliphatic carbocycles. The number of benzene rings is 1. The van der Waals surface area contributed by atoms with Crippen LogP contribution >= 0.6 is 0 Å². The SMILES string of the molecule is CNCCNCc1cccc(-c2nc(NC3CCOCC3)c(C)c(-c3ccncc3)n2)c1. The second kappa shape index (κ2) is 11.1. The maximum atomic E-state index is 5.52. The number of hydrogen-bond acceptors (Lipinski definition) is 7. The molecule has 0 atom stereocenters. The van der Waals surface area contributed by atoms with Gasteiger partial charge in [0.25, 0.3) is 0 Å². The second-order valence-electron chi connectivity index (χ2n) is 8.12. The molecule has 0 bridgehead atoms. The van der Waals surface area contributed by atoms with Crippen molar-refractivity contribution in [3.05, 3.63) is 59.9 Å². The summed E-state index contributed by atoms with van der Waals surface area (Å²) in [7, 11) is 1.96. The predicted molar refractivity (Wildman–Crippen MR) is 129 cm³/mol. The topological polar surface area (TPSA) is 84.0 Å². The second-order valence-corrected chi connectivity index (χ2v) is 8.12. The zero-order valence-corrected chi connectivity index (χ0v) is 18.9. The van der Waals surface area contributed by atoms with Crippen LogP contribution in [0.2, 0.25) is 0 Å². The van der Waals surface area contributed by atoms with Crippen molar-refractivity contribution < 1.29 is 4.74 Å². The number of anilines is 1. The summed E-state index contributed by atoms with van der Waals surface area (Å²) in [6.45, 7) is 6.34. The lowest BCUT2D eigenvalue weighted by molar-refractivity contribution is 0.0904. The van der Waals surface area contributed by atoms with Gasteiger partial charge in [0.1, 0.15) is 5.82 Å². The van der Waals surface area contributed by atoms with Crippen LogP contribution < -0.4 is 16.0 Å². The summed E-state index contributed by atoms with van der Waals surface area (Å²) in [4.78, 5) is 14.1. The molecule has 1 saturated heterocycles. The summed E-state index contributed by atoms with van der Waals surface area (Å²) in [5, 5.41) is 10.3. The molecule has 2 aromatic heterocycles. The van der Waals surface area contributed by atoms with Crippen molar-refractivity contribution in [2.24, 2.45) is 0 Å². The average Bonchev–Trinajstić information content (AvgIpc) is 2.84. The molecule has 7 nitrogen and oxygen atoms in total. The first-order valence-electron chi connectivity index (χ1n) is 11.3. The summed E-state index contributed by atoms with van der Waals surface area (Å²) in [6.07, 6.45) is 5.58. The average molecular weight is 433 g/mol. The first kappa shape index (κ1) is 22.3. The number of aromatic nitrogens is 3. The fourth-order valence-corrected chi connectivity index (χ4v) is 3.88. The Morgan fingerprint density at radius 2 is 1.81 bits per heavy atom. The Morgan fingerprint density at radius 1 is 1.00 bits per heavy atom. The van der Waals surface area contributed by atoms with E-state index < -0.39 is 0 Å². The molecule has 0 unspecified atom stereocenters. The van der Waals surface area contributed by atoms with Gasteiger partial charge in [-0.05, 0) is 50.6 Å². The van der Waals surface area contributed by atoms with Crippen molar-refractivity contribution in [3.8, 4) is 22.6 Å². The van der Waals surface area contributed by atoms with Crippen molar-refractivity contribution in [2.45, 2.75) is 32.4 Å². The first-order valence-corrected chi connectivity index (χ1v) is 11.3. The number of ether oxygens (including phenoxy) is 1. The summed E-state index contributed by atoms with van der Waals surface area (Å²) in [6, 6.07) is 12.8. The minimum absolute atomic E-state index is 0.359. The fraction of sp³-hybridized carbons (Fsp3) is 0.400. The molecule has 7 heteroatoms. The van der Waals surface area contributed by atoms with E-state index in [1.165, 1.54) is 5.56 Å². The van der Waals surface area contributed by atoms with Gasteiger partial charge in [0, 0.05) is 68.0 Å². The summed E-state index contributed by atoms with van der Waals surface area (Å²) in [5.74, 6) is 1.63. The smallest absolute Gasteiger partial charge is 0.162 e. The molecule has 1 aliphatic rings. The number of pyridine rings is 1. The molecule has 3 aromatic rings. The summed E-state index contributed by atoms with van der Waals surface area (Å²) < 4.78 is 5.52. The molecule has 3 heterocycles. The van der Waals surface area contributed by atoms with Crippen molar-refractivity contribution in [1.29, 1.82) is 0 Å². The van der Waals surface area contributed by atoms with E-state index in [0.29, 0.717) is 6.04 Å². The van der Waals surface area contributed by atoms with Crippen LogP contribution in [0.25, 0.3) is 22.6 Å². The number of rotatable bonds is 9. The molecule has 1 aliphatic heterocycles. The third-order valence-electron chi connectivity index (χ3n) is 5.73. The van der Waals surface area contributed by atoms with Crippen LogP contribution in [0.4, 0.5) is 5.82 Å². The van der Waals surface area contributed by atoms with Gasteiger partial charge < -0.3 is 20.7 Å². The maximum Gasteiger partial charge on any atom is 0.162 e. The van der Waals surface area contributed by atoms with E-state index in [4.69, 9.17) is 14.7 Å². The van der Waals surface area contributed by atoms with Gasteiger partial charge in [-0.2, -0.15) is 0 Å². The third-order valence-corrected chi connectivity index (χ3v) is 5.73. The molecule has 32 heavy (non-hydrogen) atoms. The highest BCUT2D eigenvalue weighted by molar-refractivity contribution is 5.72. The Hall–Kier alpha value is -2.87. The van der Waals surface area contributed by atoms with Crippen LogP contribution in [0.3, 0.4) is 0 Å². The molecule has 168 valence electrons. The molecular formula is C25H32N6O. The van der Waals surface area contributed by atoms with Crippen molar-refractivity contribution in [1.82, 2.24) is 25.6 Å². The lowest BCUT2D eigenvalue weighted by Gasteiger charge is -2.25. The highest BCUT2D eigenvalue weighted by Crippen LogP contribution is 2.30. The highest BCUT2D eigenvalue weighted by atomic mass is 16.5. The van der Waals surface area contributed by atoms with Crippen molar-refractivity contribution >= 4 is 5.82 Å². The minimum Gasteiger partial charge on any atom is -0.381 e. The van der Waals surface area contributed by atoms with Gasteiger partial charge in [-0.15, -0.1) is 0 Å². The first-order chi connectivity index (χ1) is 15.7. The van der Waals surface area contributed by atoms with Gasteiger partial charge in [0.15, 0.2) is 5.82 Å². The lowest BCUT2D eigenvalue weighted by atomic mass is 10.1. The van der Waals surface area contributed by atoms with E-state index in [0.717, 1.165) is 79.7 Å². The van der Waals surface area contributed by atoms with Crippen molar-refractivity contribution in [3.63, 3.8) is 0 Å². The van der Waals surface area contributed by atoms with Gasteiger partial charge in [0.05, 0.1) is 5.69 Å². The third kappa shape index (κ3) is 5.68. The Kier molecular flexibility index (Phi) is 7.77. The van der Waals surface area contributed by atoms with Crippen LogP contribution in [-0.4, -0.2) is 54.3 Å². The Morgan fingerprint density at radius 3 is 2.59 bits per heavy atom. The molecule has 1 fully saturated rings. The van der Waals surface area contributed by atoms with Crippen LogP contribution in [0, 0.1) is 6.92 Å². The fourth-order valence-electron chi connectivity index (χ4n) is 3.88.